The molecule has 0 aliphatic heterocycles. The van der Waals surface area contributed by atoms with Crippen LogP contribution in [0.5, 0.6) is 0 Å². The molecule has 170 valence electrons. The molecule has 0 radical (unpaired) electrons. The molecule has 3 rings (SSSR count). The topological polar surface area (TPSA) is 72.8 Å². The number of aliphatic hydroxyl groups is 1. The van der Waals surface area contributed by atoms with Crippen molar-refractivity contribution in [1.82, 2.24) is 0 Å². The van der Waals surface area contributed by atoms with Crippen LogP contribution in [0.25, 0.3) is 0 Å². The Morgan fingerprint density at radius 3 is 2.43 bits per heavy atom. The van der Waals surface area contributed by atoms with E-state index in [4.69, 9.17) is 9.47 Å². The highest BCUT2D eigenvalue weighted by Crippen LogP contribution is 2.67. The lowest BCUT2D eigenvalue weighted by Gasteiger charge is -2.64. The van der Waals surface area contributed by atoms with Crippen LogP contribution in [-0.4, -0.2) is 36.4 Å². The van der Waals surface area contributed by atoms with Crippen molar-refractivity contribution in [2.24, 2.45) is 39.9 Å². The van der Waals surface area contributed by atoms with Gasteiger partial charge in [-0.3, -0.25) is 9.59 Å². The number of aliphatic hydroxyl groups excluding tert-OH is 1. The number of hydrogen-bond donors (Lipinski definition) is 1. The molecule has 0 amide bonds. The first-order valence-electron chi connectivity index (χ1n) is 11.6. The maximum atomic E-state index is 13.3. The van der Waals surface area contributed by atoms with Crippen molar-refractivity contribution in [3.8, 4) is 0 Å². The third-order valence-electron chi connectivity index (χ3n) is 8.71. The average Bonchev–Trinajstić information content (AvgIpc) is 2.63. The standard InChI is InChI=1S/C25H40O5/c1-16-8-9-20-24(5)12-7-11-23(3,4)19(24)10-13-25(20,6)21(16)22(28)29-15-18(14-26)30-17(2)27/h8-9,16,18-21,26H,7,10-15H2,1-6H3/t16-,18+,19?,20?,21-,24-,25+/m1/s1. The minimum Gasteiger partial charge on any atom is -0.461 e. The van der Waals surface area contributed by atoms with Gasteiger partial charge in [0.05, 0.1) is 12.5 Å². The van der Waals surface area contributed by atoms with Gasteiger partial charge >= 0.3 is 11.9 Å². The Morgan fingerprint density at radius 2 is 1.80 bits per heavy atom. The minimum atomic E-state index is -0.808. The van der Waals surface area contributed by atoms with Gasteiger partial charge in [-0.2, -0.15) is 0 Å². The van der Waals surface area contributed by atoms with Crippen molar-refractivity contribution in [2.45, 2.75) is 79.8 Å². The molecular weight excluding hydrogens is 380 g/mol. The summed E-state index contributed by atoms with van der Waals surface area (Å²) in [5.41, 5.74) is 0.370. The van der Waals surface area contributed by atoms with E-state index in [1.165, 1.54) is 26.2 Å². The summed E-state index contributed by atoms with van der Waals surface area (Å²) >= 11 is 0. The molecule has 2 unspecified atom stereocenters. The predicted octanol–water partition coefficient (Wildman–Crippen LogP) is 4.52. The fraction of sp³-hybridized carbons (Fsp3) is 0.840. The predicted molar refractivity (Wildman–Crippen MR) is 115 cm³/mol. The van der Waals surface area contributed by atoms with Crippen molar-refractivity contribution in [3.63, 3.8) is 0 Å². The molecule has 0 heterocycles. The van der Waals surface area contributed by atoms with Gasteiger partial charge < -0.3 is 14.6 Å². The molecule has 3 aliphatic rings. The van der Waals surface area contributed by atoms with E-state index in [0.29, 0.717) is 17.3 Å². The molecule has 1 N–H and O–H groups in total. The van der Waals surface area contributed by atoms with E-state index in [1.54, 1.807) is 0 Å². The summed E-state index contributed by atoms with van der Waals surface area (Å²) in [7, 11) is 0. The van der Waals surface area contributed by atoms with E-state index in [1.807, 2.05) is 0 Å². The normalized spacial score (nSPS) is 40.6. The lowest BCUT2D eigenvalue weighted by molar-refractivity contribution is -0.179. The monoisotopic (exact) mass is 420 g/mol. The van der Waals surface area contributed by atoms with Crippen LogP contribution in [0.2, 0.25) is 0 Å². The molecule has 7 atom stereocenters. The van der Waals surface area contributed by atoms with Crippen molar-refractivity contribution in [3.05, 3.63) is 12.2 Å². The Balaban J connectivity index is 1.83. The third kappa shape index (κ3) is 3.94. The largest absolute Gasteiger partial charge is 0.461 e. The molecule has 0 aromatic heterocycles. The molecule has 2 fully saturated rings. The molecule has 30 heavy (non-hydrogen) atoms. The molecule has 0 spiro atoms. The lowest BCUT2D eigenvalue weighted by Crippen LogP contribution is -2.59. The highest BCUT2D eigenvalue weighted by Gasteiger charge is 2.62. The van der Waals surface area contributed by atoms with Crippen molar-refractivity contribution in [1.29, 1.82) is 0 Å². The van der Waals surface area contributed by atoms with E-state index < -0.39 is 12.1 Å². The van der Waals surface area contributed by atoms with Crippen LogP contribution in [0.1, 0.15) is 73.6 Å². The Bertz CT molecular complexity index is 698. The van der Waals surface area contributed by atoms with Gasteiger partial charge in [-0.25, -0.2) is 0 Å². The number of allylic oxidation sites excluding steroid dienone is 2. The smallest absolute Gasteiger partial charge is 0.310 e. The molecule has 0 aromatic rings. The van der Waals surface area contributed by atoms with E-state index >= 15 is 0 Å². The number of ether oxygens (including phenoxy) is 2. The fourth-order valence-corrected chi connectivity index (χ4v) is 7.52. The van der Waals surface area contributed by atoms with Crippen LogP contribution in [0.15, 0.2) is 12.2 Å². The maximum absolute atomic E-state index is 13.3. The summed E-state index contributed by atoms with van der Waals surface area (Å²) in [4.78, 5) is 24.5. The Morgan fingerprint density at radius 1 is 1.10 bits per heavy atom. The Labute approximate surface area is 181 Å². The zero-order valence-electron chi connectivity index (χ0n) is 19.6. The van der Waals surface area contributed by atoms with Crippen LogP contribution in [-0.2, 0) is 19.1 Å². The lowest BCUT2D eigenvalue weighted by atomic mass is 9.40. The number of carbonyl (C=O) groups is 2. The van der Waals surface area contributed by atoms with Gasteiger partial charge in [0.25, 0.3) is 0 Å². The first-order valence-corrected chi connectivity index (χ1v) is 11.6. The first kappa shape index (κ1) is 23.3. The molecule has 3 aliphatic carbocycles. The van der Waals surface area contributed by atoms with Crippen molar-refractivity contribution >= 4 is 11.9 Å². The van der Waals surface area contributed by atoms with Gasteiger partial charge in [0.2, 0.25) is 0 Å². The second-order valence-corrected chi connectivity index (χ2v) is 11.2. The first-order chi connectivity index (χ1) is 14.0. The van der Waals surface area contributed by atoms with E-state index in [2.05, 4.69) is 46.8 Å². The molecular formula is C25H40O5. The second kappa shape index (κ2) is 8.29. The summed E-state index contributed by atoms with van der Waals surface area (Å²) in [5, 5.41) is 9.42. The van der Waals surface area contributed by atoms with E-state index in [9.17, 15) is 14.7 Å². The van der Waals surface area contributed by atoms with Gasteiger partial charge in [0.1, 0.15) is 6.61 Å². The summed E-state index contributed by atoms with van der Waals surface area (Å²) in [6, 6.07) is 0. The molecule has 5 heteroatoms. The second-order valence-electron chi connectivity index (χ2n) is 11.2. The van der Waals surface area contributed by atoms with Crippen LogP contribution < -0.4 is 0 Å². The number of carbonyl (C=O) groups excluding carboxylic acids is 2. The van der Waals surface area contributed by atoms with Gasteiger partial charge in [-0.05, 0) is 59.7 Å². The summed E-state index contributed by atoms with van der Waals surface area (Å²) in [6.07, 6.45) is 9.70. The quantitative estimate of drug-likeness (QED) is 0.523. The summed E-state index contributed by atoms with van der Waals surface area (Å²) in [5.74, 6) is 0.150. The molecule has 5 nitrogen and oxygen atoms in total. The average molecular weight is 421 g/mol. The number of esters is 2. The maximum Gasteiger partial charge on any atom is 0.310 e. The van der Waals surface area contributed by atoms with E-state index in [-0.39, 0.29) is 41.8 Å². The van der Waals surface area contributed by atoms with Gasteiger partial charge in [-0.15, -0.1) is 0 Å². The minimum absolute atomic E-state index is 0.0943. The van der Waals surface area contributed by atoms with Crippen molar-refractivity contribution in [2.75, 3.05) is 13.2 Å². The number of hydrogen-bond acceptors (Lipinski definition) is 5. The van der Waals surface area contributed by atoms with Crippen LogP contribution in [0.3, 0.4) is 0 Å². The van der Waals surface area contributed by atoms with Crippen LogP contribution in [0.4, 0.5) is 0 Å². The van der Waals surface area contributed by atoms with Gasteiger partial charge in [0.15, 0.2) is 6.10 Å². The molecule has 2 saturated carbocycles. The zero-order chi connectivity index (χ0) is 22.3. The fourth-order valence-electron chi connectivity index (χ4n) is 7.52. The van der Waals surface area contributed by atoms with Gasteiger partial charge in [-0.1, -0.05) is 53.2 Å². The zero-order valence-corrected chi connectivity index (χ0v) is 19.6. The van der Waals surface area contributed by atoms with Crippen LogP contribution >= 0.6 is 0 Å². The molecule has 0 saturated heterocycles. The summed E-state index contributed by atoms with van der Waals surface area (Å²) in [6.45, 7) is 12.5. The van der Waals surface area contributed by atoms with Gasteiger partial charge in [0, 0.05) is 6.92 Å². The number of fused-ring (bicyclic) bond motifs is 3. The number of rotatable bonds is 5. The molecule has 0 bridgehead atoms. The Hall–Kier alpha value is -1.36. The summed E-state index contributed by atoms with van der Waals surface area (Å²) < 4.78 is 10.6. The Kier molecular flexibility index (Phi) is 6.44. The SMILES string of the molecule is CC(=O)O[C@@H](CO)COC(=O)[C@H]1[C@H](C)C=CC2[C@]3(C)CCCC(C)(C)C3CC[C@@]21C. The molecule has 0 aromatic carbocycles. The highest BCUT2D eigenvalue weighted by molar-refractivity contribution is 5.75. The third-order valence-corrected chi connectivity index (χ3v) is 8.71. The van der Waals surface area contributed by atoms with E-state index in [0.717, 1.165) is 12.8 Å². The van der Waals surface area contributed by atoms with Crippen molar-refractivity contribution < 1.29 is 24.2 Å². The highest BCUT2D eigenvalue weighted by atomic mass is 16.6. The van der Waals surface area contributed by atoms with Crippen LogP contribution in [0, 0.1) is 39.9 Å².